The van der Waals surface area contributed by atoms with Crippen LogP contribution in [0.1, 0.15) is 22.2 Å². The summed E-state index contributed by atoms with van der Waals surface area (Å²) in [7, 11) is -1.51. The average molecular weight is 273 g/mol. The van der Waals surface area contributed by atoms with Crippen LogP contribution in [0.15, 0.2) is 4.21 Å². The summed E-state index contributed by atoms with van der Waals surface area (Å²) < 4.78 is 1.26. The second-order valence-electron chi connectivity index (χ2n) is 4.74. The fourth-order valence-electron chi connectivity index (χ4n) is 1.90. The van der Waals surface area contributed by atoms with Gasteiger partial charge in [0, 0.05) is 0 Å². The first-order chi connectivity index (χ1) is 7.32. The van der Waals surface area contributed by atoms with Crippen molar-refractivity contribution in [3.8, 4) is 0 Å². The maximum absolute atomic E-state index is 11.5. The van der Waals surface area contributed by atoms with E-state index in [4.69, 9.17) is 5.73 Å². The van der Waals surface area contributed by atoms with Crippen LogP contribution in [0.2, 0.25) is 19.6 Å². The van der Waals surface area contributed by atoms with Crippen molar-refractivity contribution in [3.63, 3.8) is 0 Å². The Labute approximate surface area is 107 Å². The third-order valence-electron chi connectivity index (χ3n) is 2.48. The van der Waals surface area contributed by atoms with Crippen LogP contribution in [0, 0.1) is 0 Å². The van der Waals surface area contributed by atoms with Gasteiger partial charge in [0.05, 0.1) is 17.2 Å². The highest BCUT2D eigenvalue weighted by atomic mass is 32.2. The van der Waals surface area contributed by atoms with E-state index in [1.165, 1.54) is 15.0 Å². The zero-order chi connectivity index (χ0) is 12.5. The maximum Gasteiger partial charge on any atom is 0.258 e. The molecule has 0 fully saturated rings. The van der Waals surface area contributed by atoms with Gasteiger partial charge >= 0.3 is 0 Å². The third-order valence-corrected chi connectivity index (χ3v) is 7.12. The zero-order valence-electron chi connectivity index (χ0n) is 10.5. The molecular formula is C11H19NOS2Si. The molecule has 1 aromatic rings. The summed E-state index contributed by atoms with van der Waals surface area (Å²) in [4.78, 5) is 12.3. The topological polar surface area (TPSA) is 43.1 Å². The number of carbonyl (C=O) groups excluding carboxylic acids is 1. The number of amides is 1. The lowest BCUT2D eigenvalue weighted by atomic mass is 10.2. The normalized spacial score (nSPS) is 11.8. The molecule has 0 radical (unpaired) electrons. The summed E-state index contributed by atoms with van der Waals surface area (Å²) >= 11 is 3.29. The van der Waals surface area contributed by atoms with Gasteiger partial charge in [-0.2, -0.15) is 0 Å². The number of primary amides is 1. The first kappa shape index (κ1) is 13.8. The van der Waals surface area contributed by atoms with Gasteiger partial charge in [-0.05, 0) is 23.4 Å². The summed E-state index contributed by atoms with van der Waals surface area (Å²) in [6.07, 6.45) is 3.04. The van der Waals surface area contributed by atoms with Gasteiger partial charge in [-0.15, -0.1) is 23.1 Å². The van der Waals surface area contributed by atoms with Crippen molar-refractivity contribution < 1.29 is 4.79 Å². The number of hydrogen-bond donors (Lipinski definition) is 1. The first-order valence-electron chi connectivity index (χ1n) is 5.32. The quantitative estimate of drug-likeness (QED) is 0.677. The molecule has 16 heavy (non-hydrogen) atoms. The highest BCUT2D eigenvalue weighted by Crippen LogP contribution is 2.31. The number of rotatable bonds is 4. The highest BCUT2D eigenvalue weighted by molar-refractivity contribution is 8.00. The van der Waals surface area contributed by atoms with E-state index in [0.717, 1.165) is 11.3 Å². The summed E-state index contributed by atoms with van der Waals surface area (Å²) in [5, 5.41) is 1.27. The van der Waals surface area contributed by atoms with Crippen molar-refractivity contribution in [2.45, 2.75) is 37.2 Å². The molecular weight excluding hydrogens is 254 g/mol. The highest BCUT2D eigenvalue weighted by Gasteiger charge is 2.29. The van der Waals surface area contributed by atoms with Crippen molar-refractivity contribution in [2.24, 2.45) is 5.73 Å². The standard InChI is InChI=1S/C11H19NOS2Si/c1-6-7-9(16(3,4)5)8(10(12)13)15-11(7)14-2/h6H2,1-5H3,(H2,12,13). The molecule has 0 atom stereocenters. The zero-order valence-corrected chi connectivity index (χ0v) is 13.1. The molecule has 1 amide bonds. The Balaban J connectivity index is 3.51. The van der Waals surface area contributed by atoms with Crippen LogP contribution in [0.5, 0.6) is 0 Å². The number of nitrogens with two attached hydrogens (primary N) is 1. The fraction of sp³-hybridized carbons (Fsp3) is 0.545. The number of thiophene rings is 1. The van der Waals surface area contributed by atoms with E-state index in [1.54, 1.807) is 23.1 Å². The lowest BCUT2D eigenvalue weighted by molar-refractivity contribution is 0.100. The largest absolute Gasteiger partial charge is 0.365 e. The van der Waals surface area contributed by atoms with E-state index in [-0.39, 0.29) is 5.91 Å². The predicted molar refractivity (Wildman–Crippen MR) is 77.0 cm³/mol. The molecule has 0 bridgehead atoms. The van der Waals surface area contributed by atoms with Gasteiger partial charge < -0.3 is 5.73 Å². The Morgan fingerprint density at radius 1 is 1.44 bits per heavy atom. The van der Waals surface area contributed by atoms with E-state index in [0.29, 0.717) is 0 Å². The van der Waals surface area contributed by atoms with Crippen LogP contribution in [0.3, 0.4) is 0 Å². The van der Waals surface area contributed by atoms with Crippen LogP contribution in [0.4, 0.5) is 0 Å². The number of thioether (sulfide) groups is 1. The predicted octanol–water partition coefficient (Wildman–Crippen LogP) is 2.68. The molecule has 2 nitrogen and oxygen atoms in total. The molecule has 0 aliphatic heterocycles. The summed E-state index contributed by atoms with van der Waals surface area (Å²) in [5.41, 5.74) is 6.84. The second kappa shape index (κ2) is 4.94. The van der Waals surface area contributed by atoms with Gasteiger partial charge in [0.25, 0.3) is 5.91 Å². The Hall–Kier alpha value is -0.263. The molecule has 1 rings (SSSR count). The third kappa shape index (κ3) is 2.52. The Bertz CT molecular complexity index is 407. The SMILES string of the molecule is CCc1c(SC)sc(C(N)=O)c1[Si](C)(C)C. The molecule has 0 saturated carbocycles. The van der Waals surface area contributed by atoms with Crippen molar-refractivity contribution >= 4 is 42.3 Å². The summed E-state index contributed by atoms with van der Waals surface area (Å²) in [6.45, 7) is 8.95. The summed E-state index contributed by atoms with van der Waals surface area (Å²) in [6, 6.07) is 0. The molecule has 0 aromatic carbocycles. The van der Waals surface area contributed by atoms with Gasteiger partial charge in [0.1, 0.15) is 0 Å². The van der Waals surface area contributed by atoms with E-state index < -0.39 is 8.07 Å². The first-order valence-corrected chi connectivity index (χ1v) is 10.9. The molecule has 1 heterocycles. The molecule has 2 N–H and O–H groups in total. The van der Waals surface area contributed by atoms with E-state index in [1.807, 2.05) is 0 Å². The van der Waals surface area contributed by atoms with Crippen molar-refractivity contribution in [3.05, 3.63) is 10.4 Å². The molecule has 1 aromatic heterocycles. The minimum Gasteiger partial charge on any atom is -0.365 e. The smallest absolute Gasteiger partial charge is 0.258 e. The minimum absolute atomic E-state index is 0.266. The van der Waals surface area contributed by atoms with Gasteiger partial charge in [0.15, 0.2) is 0 Å². The molecule has 0 aliphatic carbocycles. The second-order valence-corrected chi connectivity index (χ2v) is 11.8. The van der Waals surface area contributed by atoms with Crippen LogP contribution in [-0.4, -0.2) is 20.2 Å². The number of carbonyl (C=O) groups is 1. The van der Waals surface area contributed by atoms with E-state index in [2.05, 4.69) is 32.8 Å². The average Bonchev–Trinajstić information content (AvgIpc) is 2.55. The Morgan fingerprint density at radius 3 is 2.31 bits per heavy atom. The van der Waals surface area contributed by atoms with Gasteiger partial charge in [0.2, 0.25) is 0 Å². The van der Waals surface area contributed by atoms with Crippen LogP contribution < -0.4 is 10.9 Å². The molecule has 0 aliphatic rings. The van der Waals surface area contributed by atoms with Gasteiger partial charge in [-0.25, -0.2) is 0 Å². The molecule has 90 valence electrons. The maximum atomic E-state index is 11.5. The van der Waals surface area contributed by atoms with Gasteiger partial charge in [-0.1, -0.05) is 26.6 Å². The molecule has 0 saturated heterocycles. The molecule has 0 spiro atoms. The Kier molecular flexibility index (Phi) is 4.26. The van der Waals surface area contributed by atoms with Crippen molar-refractivity contribution in [1.29, 1.82) is 0 Å². The van der Waals surface area contributed by atoms with Gasteiger partial charge in [-0.3, -0.25) is 4.79 Å². The lowest BCUT2D eigenvalue weighted by Crippen LogP contribution is -2.43. The molecule has 0 unspecified atom stereocenters. The summed E-state index contributed by atoms with van der Waals surface area (Å²) in [5.74, 6) is -0.266. The lowest BCUT2D eigenvalue weighted by Gasteiger charge is -2.19. The van der Waals surface area contributed by atoms with Crippen LogP contribution >= 0.6 is 23.1 Å². The monoisotopic (exact) mass is 273 g/mol. The number of hydrogen-bond acceptors (Lipinski definition) is 3. The van der Waals surface area contributed by atoms with Crippen LogP contribution in [0.25, 0.3) is 0 Å². The molecule has 5 heteroatoms. The Morgan fingerprint density at radius 2 is 2.00 bits per heavy atom. The van der Waals surface area contributed by atoms with Crippen molar-refractivity contribution in [2.75, 3.05) is 6.26 Å². The van der Waals surface area contributed by atoms with Crippen molar-refractivity contribution in [1.82, 2.24) is 0 Å². The van der Waals surface area contributed by atoms with Crippen LogP contribution in [-0.2, 0) is 6.42 Å². The minimum atomic E-state index is -1.51. The van der Waals surface area contributed by atoms with E-state index >= 15 is 0 Å². The fourth-order valence-corrected chi connectivity index (χ4v) is 7.12. The van der Waals surface area contributed by atoms with E-state index in [9.17, 15) is 4.79 Å².